The Morgan fingerprint density at radius 3 is 1.88 bits per heavy atom. The maximum absolute atomic E-state index is 13.9. The van der Waals surface area contributed by atoms with Gasteiger partial charge in [-0.15, -0.1) is 0 Å². The Balaban J connectivity index is 0.00000106. The highest BCUT2D eigenvalue weighted by molar-refractivity contribution is 6.37. The van der Waals surface area contributed by atoms with E-state index in [-0.39, 0.29) is 29.1 Å². The Hall–Kier alpha value is -2.65. The summed E-state index contributed by atoms with van der Waals surface area (Å²) in [5, 5.41) is 8.44. The number of nitrogens with two attached hydrogens (primary N) is 1. The largest absolute Gasteiger partial charge is 0.363 e. The zero-order valence-electron chi connectivity index (χ0n) is 26.4. The molecule has 0 aromatic heterocycles. The molecule has 1 heterocycles. The Labute approximate surface area is 245 Å². The van der Waals surface area contributed by atoms with Crippen LogP contribution in [0.15, 0.2) is 0 Å². The van der Waals surface area contributed by atoms with Crippen molar-refractivity contribution in [3.63, 3.8) is 0 Å². The summed E-state index contributed by atoms with van der Waals surface area (Å²) in [4.78, 5) is 66.1. The van der Waals surface area contributed by atoms with Gasteiger partial charge in [-0.2, -0.15) is 0 Å². The molecule has 5 amide bonds. The molecule has 0 aromatic carbocycles. The van der Waals surface area contributed by atoms with E-state index in [0.29, 0.717) is 13.0 Å². The van der Waals surface area contributed by atoms with E-state index in [1.807, 2.05) is 41.5 Å². The molecule has 3 aliphatic carbocycles. The van der Waals surface area contributed by atoms with Gasteiger partial charge in [0.2, 0.25) is 17.6 Å². The first-order valence-electron chi connectivity index (χ1n) is 15.4. The molecule has 1 saturated heterocycles. The number of rotatable bonds is 8. The van der Waals surface area contributed by atoms with Crippen molar-refractivity contribution in [3.8, 4) is 0 Å². The lowest BCUT2D eigenvalue weighted by atomic mass is 9.80. The van der Waals surface area contributed by atoms with Crippen molar-refractivity contribution in [3.05, 3.63) is 0 Å². The highest BCUT2D eigenvalue weighted by Crippen LogP contribution is 2.65. The van der Waals surface area contributed by atoms with Gasteiger partial charge in [-0.05, 0) is 55.8 Å². The third-order valence-corrected chi connectivity index (χ3v) is 9.31. The third kappa shape index (κ3) is 8.01. The molecule has 5 N–H and O–H groups in total. The lowest BCUT2D eigenvalue weighted by molar-refractivity contribution is -0.145. The number of hydrogen-bond donors (Lipinski definition) is 4. The molecule has 1 aliphatic heterocycles. The van der Waals surface area contributed by atoms with E-state index in [2.05, 4.69) is 29.8 Å². The van der Waals surface area contributed by atoms with Crippen molar-refractivity contribution in [2.75, 3.05) is 6.54 Å². The number of carbonyl (C=O) groups excluding carboxylic acids is 5. The molecule has 10 heteroatoms. The summed E-state index contributed by atoms with van der Waals surface area (Å²) < 4.78 is 0. The van der Waals surface area contributed by atoms with Crippen molar-refractivity contribution in [1.29, 1.82) is 0 Å². The minimum atomic E-state index is -1.07. The number of ketones is 1. The predicted molar refractivity (Wildman–Crippen MR) is 157 cm³/mol. The van der Waals surface area contributed by atoms with Crippen LogP contribution in [-0.2, 0) is 19.2 Å². The number of piperidine rings is 1. The van der Waals surface area contributed by atoms with E-state index in [4.69, 9.17) is 5.73 Å². The number of fused-ring (bicyclic) bond motifs is 1. The number of nitrogens with zero attached hydrogens (tertiary/aromatic N) is 1. The molecule has 10 nitrogen and oxygen atoms in total. The van der Waals surface area contributed by atoms with Crippen LogP contribution in [0, 0.1) is 28.6 Å². The van der Waals surface area contributed by atoms with Gasteiger partial charge in [-0.1, -0.05) is 79.6 Å². The molecular formula is C31H53N5O5. The highest BCUT2D eigenvalue weighted by atomic mass is 16.2. The van der Waals surface area contributed by atoms with Crippen LogP contribution in [0.3, 0.4) is 0 Å². The van der Waals surface area contributed by atoms with E-state index in [1.54, 1.807) is 4.90 Å². The van der Waals surface area contributed by atoms with Crippen LogP contribution in [0.1, 0.15) is 107 Å². The van der Waals surface area contributed by atoms with Crippen LogP contribution in [0.5, 0.6) is 0 Å². The second-order valence-corrected chi connectivity index (χ2v) is 15.3. The van der Waals surface area contributed by atoms with E-state index < -0.39 is 52.7 Å². The third-order valence-electron chi connectivity index (χ3n) is 9.31. The molecule has 0 aromatic rings. The first-order chi connectivity index (χ1) is 18.8. The summed E-state index contributed by atoms with van der Waals surface area (Å²) in [6.45, 7) is 15.7. The Morgan fingerprint density at radius 2 is 1.46 bits per heavy atom. The van der Waals surface area contributed by atoms with Crippen LogP contribution in [-0.4, -0.2) is 64.6 Å². The van der Waals surface area contributed by atoms with Crippen LogP contribution < -0.4 is 21.7 Å². The minimum Gasteiger partial charge on any atom is -0.363 e. The van der Waals surface area contributed by atoms with Crippen molar-refractivity contribution in [2.24, 2.45) is 34.3 Å². The quantitative estimate of drug-likeness (QED) is 0.328. The minimum absolute atomic E-state index is 0.0755. The molecule has 3 saturated carbocycles. The fourth-order valence-electron chi connectivity index (χ4n) is 6.11. The van der Waals surface area contributed by atoms with Crippen molar-refractivity contribution in [2.45, 2.75) is 130 Å². The molecule has 0 bridgehead atoms. The topological polar surface area (TPSA) is 151 Å². The fourth-order valence-corrected chi connectivity index (χ4v) is 6.11. The van der Waals surface area contributed by atoms with Crippen LogP contribution >= 0.6 is 0 Å². The summed E-state index contributed by atoms with van der Waals surface area (Å²) in [5.74, 6) is -2.35. The first kappa shape index (κ1) is 32.9. The molecule has 0 spiro atoms. The number of primary amides is 1. The van der Waals surface area contributed by atoms with Crippen LogP contribution in [0.4, 0.5) is 4.79 Å². The molecule has 232 valence electrons. The van der Waals surface area contributed by atoms with Crippen molar-refractivity contribution in [1.82, 2.24) is 20.9 Å². The molecule has 4 aliphatic rings. The van der Waals surface area contributed by atoms with Crippen molar-refractivity contribution >= 4 is 29.5 Å². The van der Waals surface area contributed by atoms with E-state index in [0.717, 1.165) is 19.3 Å². The Morgan fingerprint density at radius 1 is 0.902 bits per heavy atom. The van der Waals surface area contributed by atoms with Gasteiger partial charge >= 0.3 is 6.03 Å². The van der Waals surface area contributed by atoms with Gasteiger partial charge in [0.05, 0.1) is 6.04 Å². The number of likely N-dealkylation sites (tertiary alicyclic amines) is 1. The number of Topliss-reactive ketones (excluding diaryl/α,β-unsaturated/α-hetero) is 1. The number of nitrogens with one attached hydrogen (secondary N) is 3. The van der Waals surface area contributed by atoms with Gasteiger partial charge in [0.25, 0.3) is 5.91 Å². The summed E-state index contributed by atoms with van der Waals surface area (Å²) in [6.07, 6.45) is 9.31. The highest BCUT2D eigenvalue weighted by Gasteiger charge is 2.70. The van der Waals surface area contributed by atoms with E-state index >= 15 is 0 Å². The lowest BCUT2D eigenvalue weighted by Gasteiger charge is -2.38. The molecule has 4 unspecified atom stereocenters. The fraction of sp³-hybridized carbons (Fsp3) is 0.839. The van der Waals surface area contributed by atoms with Gasteiger partial charge in [0, 0.05) is 12.1 Å². The smallest absolute Gasteiger partial charge is 0.315 e. The number of hydrogen-bond acceptors (Lipinski definition) is 5. The first-order valence-corrected chi connectivity index (χ1v) is 15.4. The van der Waals surface area contributed by atoms with Gasteiger partial charge in [-0.3, -0.25) is 19.2 Å². The summed E-state index contributed by atoms with van der Waals surface area (Å²) in [5.41, 5.74) is 4.04. The van der Waals surface area contributed by atoms with Crippen molar-refractivity contribution < 1.29 is 24.0 Å². The normalized spacial score (nSPS) is 26.0. The van der Waals surface area contributed by atoms with Gasteiger partial charge in [0.15, 0.2) is 0 Å². The zero-order valence-corrected chi connectivity index (χ0v) is 26.4. The Kier molecular flexibility index (Phi) is 9.86. The second-order valence-electron chi connectivity index (χ2n) is 15.3. The summed E-state index contributed by atoms with van der Waals surface area (Å²) in [6, 6.07) is -3.13. The van der Waals surface area contributed by atoms with Gasteiger partial charge in [-0.25, -0.2) is 4.79 Å². The summed E-state index contributed by atoms with van der Waals surface area (Å²) >= 11 is 0. The average Bonchev–Trinajstić information content (AvgIpc) is 3.10. The van der Waals surface area contributed by atoms with Crippen LogP contribution in [0.25, 0.3) is 0 Å². The molecule has 4 fully saturated rings. The number of amides is 5. The molecule has 5 atom stereocenters. The number of urea groups is 1. The maximum atomic E-state index is 13.9. The molecule has 0 radical (unpaired) electrons. The molecule has 41 heavy (non-hydrogen) atoms. The molecule has 4 rings (SSSR count). The monoisotopic (exact) mass is 575 g/mol. The van der Waals surface area contributed by atoms with E-state index in [9.17, 15) is 24.0 Å². The van der Waals surface area contributed by atoms with Gasteiger partial charge < -0.3 is 26.6 Å². The lowest BCUT2D eigenvalue weighted by Crippen LogP contribution is -2.62. The SMILES string of the molecule is C1CCC1.CC(C)(C)NC(=O)NC(C(=O)N1CC2C([C@H]1C(=O)NC(CC1CCC1)C(=O)C(N)=O)C2(C)C)C(C)(C)C. The molecular weight excluding hydrogens is 522 g/mol. The maximum Gasteiger partial charge on any atom is 0.315 e. The Bertz CT molecular complexity index is 1010. The summed E-state index contributed by atoms with van der Waals surface area (Å²) in [7, 11) is 0. The second kappa shape index (κ2) is 12.3. The standard InChI is InChI=1S/C27H45N5O5.C4H8/c1-25(2,3)20(30-24(37)31-26(4,5)6)23(36)32-13-15-17(27(15,7)8)18(32)22(35)29-16(19(33)21(28)34)12-14-10-9-11-14;1-2-4-3-1/h14-18,20H,9-13H2,1-8H3,(H2,28,34)(H,29,35)(H2,30,31,37);1-4H2/t15?,16?,17?,18-,20?;/m0./s1. The van der Waals surface area contributed by atoms with Crippen LogP contribution in [0.2, 0.25) is 0 Å². The zero-order chi connectivity index (χ0) is 30.9. The number of carbonyl (C=O) groups is 5. The average molecular weight is 576 g/mol. The predicted octanol–water partition coefficient (Wildman–Crippen LogP) is 3.27. The van der Waals surface area contributed by atoms with Gasteiger partial charge in [0.1, 0.15) is 12.1 Å². The van der Waals surface area contributed by atoms with E-state index in [1.165, 1.54) is 25.7 Å².